The molecule has 0 aliphatic carbocycles. The molecule has 2 unspecified atom stereocenters. The second-order valence-corrected chi connectivity index (χ2v) is 11.6. The molecular weight excluding hydrogens is 478 g/mol. The molecule has 1 aliphatic heterocycles. The summed E-state index contributed by atoms with van der Waals surface area (Å²) in [5, 5.41) is 13.5. The zero-order chi connectivity index (χ0) is 27.2. The van der Waals surface area contributed by atoms with E-state index >= 15 is 0 Å². The first-order valence-electron chi connectivity index (χ1n) is 13.7. The van der Waals surface area contributed by atoms with Crippen molar-refractivity contribution in [3.63, 3.8) is 0 Å². The van der Waals surface area contributed by atoms with Crippen LogP contribution in [0.2, 0.25) is 5.02 Å². The molecule has 3 rings (SSSR count). The third-order valence-corrected chi connectivity index (χ3v) is 9.14. The van der Waals surface area contributed by atoms with E-state index in [0.717, 1.165) is 43.1 Å². The van der Waals surface area contributed by atoms with Gasteiger partial charge in [-0.25, -0.2) is 0 Å². The normalized spacial score (nSPS) is 16.7. The molecule has 5 heteroatoms. The summed E-state index contributed by atoms with van der Waals surface area (Å²) in [6, 6.07) is 10.2. The molecule has 2 aromatic rings. The lowest BCUT2D eigenvalue weighted by Gasteiger charge is -2.44. The van der Waals surface area contributed by atoms with Gasteiger partial charge in [0.25, 0.3) is 6.26 Å². The smallest absolute Gasteiger partial charge is 0.292 e. The Kier molecular flexibility index (Phi) is 9.96. The lowest BCUT2D eigenvalue weighted by atomic mass is 9.72. The molecule has 0 saturated carbocycles. The van der Waals surface area contributed by atoms with Gasteiger partial charge < -0.3 is 15.0 Å². The first kappa shape index (κ1) is 28.9. The lowest BCUT2D eigenvalue weighted by Crippen LogP contribution is -2.41. The Labute approximate surface area is 229 Å². The molecule has 0 bridgehead atoms. The van der Waals surface area contributed by atoms with E-state index in [4.69, 9.17) is 21.6 Å². The van der Waals surface area contributed by atoms with Crippen LogP contribution in [0.3, 0.4) is 0 Å². The van der Waals surface area contributed by atoms with Crippen LogP contribution in [0, 0.1) is 36.7 Å². The van der Waals surface area contributed by atoms with E-state index in [9.17, 15) is 0 Å². The number of nitrogens with one attached hydrogen (secondary N) is 1. The average molecular weight is 522 g/mol. The molecule has 200 valence electrons. The van der Waals surface area contributed by atoms with Crippen LogP contribution in [-0.2, 0) is 0 Å². The summed E-state index contributed by atoms with van der Waals surface area (Å²) in [7, 11) is 0. The van der Waals surface area contributed by atoms with Crippen LogP contribution in [0.5, 0.6) is 5.75 Å². The van der Waals surface area contributed by atoms with Gasteiger partial charge >= 0.3 is 0 Å². The van der Waals surface area contributed by atoms with Gasteiger partial charge in [-0.3, -0.25) is 0 Å². The Morgan fingerprint density at radius 3 is 2.38 bits per heavy atom. The van der Waals surface area contributed by atoms with E-state index in [1.54, 1.807) is 6.26 Å². The number of halogens is 1. The zero-order valence-corrected chi connectivity index (χ0v) is 24.3. The maximum absolute atomic E-state index is 8.82. The van der Waals surface area contributed by atoms with Gasteiger partial charge in [-0.05, 0) is 92.2 Å². The first-order valence-corrected chi connectivity index (χ1v) is 14.1. The van der Waals surface area contributed by atoms with Crippen LogP contribution < -0.4 is 15.0 Å². The highest BCUT2D eigenvalue weighted by molar-refractivity contribution is 6.33. The topological polar surface area (TPSA) is 48.3 Å². The van der Waals surface area contributed by atoms with Crippen molar-refractivity contribution in [2.24, 2.45) is 11.3 Å². The van der Waals surface area contributed by atoms with Crippen molar-refractivity contribution < 1.29 is 4.74 Å². The molecule has 1 saturated heterocycles. The highest BCUT2D eigenvalue weighted by atomic mass is 35.5. The summed E-state index contributed by atoms with van der Waals surface area (Å²) in [5.74, 6) is 1.54. The number of anilines is 2. The minimum absolute atomic E-state index is 0.226. The molecule has 2 aromatic carbocycles. The maximum Gasteiger partial charge on any atom is 0.292 e. The SMILES string of the molecule is C=CCCC(c1ccc(OC#N)cc1)C(CC)Nc1cc(Cl)c(N2CCC(C)(C(C)C)CC2)c(C)c1C. The third-order valence-electron chi connectivity index (χ3n) is 8.85. The largest absolute Gasteiger partial charge is 0.388 e. The van der Waals surface area contributed by atoms with Gasteiger partial charge in [0.1, 0.15) is 5.75 Å². The molecule has 0 spiro atoms. The quantitative estimate of drug-likeness (QED) is 0.236. The standard InChI is InChI=1S/C32H44ClN3O/c1-8-10-11-27(25-12-14-26(15-13-25)37-21-34)29(9-2)35-30-20-28(33)31(24(6)23(30)5)36-18-16-32(7,17-19-36)22(3)4/h8,12-15,20,22,27,29,35H,1,9-11,16-19H2,2-7H3. The fraction of sp³-hybridized carbons (Fsp3) is 0.531. The van der Waals surface area contributed by atoms with Gasteiger partial charge in [-0.1, -0.05) is 57.5 Å². The fourth-order valence-electron chi connectivity index (χ4n) is 5.64. The third kappa shape index (κ3) is 6.63. The minimum Gasteiger partial charge on any atom is -0.388 e. The van der Waals surface area contributed by atoms with Gasteiger partial charge in [0.2, 0.25) is 0 Å². The molecule has 37 heavy (non-hydrogen) atoms. The van der Waals surface area contributed by atoms with Gasteiger partial charge in [0.05, 0.1) is 10.7 Å². The van der Waals surface area contributed by atoms with Crippen molar-refractivity contribution in [2.45, 2.75) is 85.6 Å². The van der Waals surface area contributed by atoms with Crippen LogP contribution in [0.25, 0.3) is 0 Å². The van der Waals surface area contributed by atoms with Crippen molar-refractivity contribution in [3.05, 3.63) is 64.7 Å². The van der Waals surface area contributed by atoms with Crippen LogP contribution in [0.15, 0.2) is 43.0 Å². The predicted octanol–water partition coefficient (Wildman–Crippen LogP) is 9.02. The number of nitrogens with zero attached hydrogens (tertiary/aromatic N) is 2. The second kappa shape index (κ2) is 12.7. The van der Waals surface area contributed by atoms with E-state index in [-0.39, 0.29) is 12.0 Å². The van der Waals surface area contributed by atoms with Crippen molar-refractivity contribution in [2.75, 3.05) is 23.3 Å². The minimum atomic E-state index is 0.226. The van der Waals surface area contributed by atoms with Crippen molar-refractivity contribution in [1.29, 1.82) is 5.26 Å². The molecule has 1 aliphatic rings. The Morgan fingerprint density at radius 1 is 1.19 bits per heavy atom. The van der Waals surface area contributed by atoms with E-state index in [1.807, 2.05) is 18.2 Å². The molecule has 0 amide bonds. The summed E-state index contributed by atoms with van der Waals surface area (Å²) in [4.78, 5) is 2.49. The van der Waals surface area contributed by atoms with Crippen molar-refractivity contribution in [1.82, 2.24) is 0 Å². The molecule has 0 radical (unpaired) electrons. The van der Waals surface area contributed by atoms with E-state index < -0.39 is 0 Å². The number of hydrogen-bond acceptors (Lipinski definition) is 4. The molecule has 1 heterocycles. The number of benzene rings is 2. The summed E-state index contributed by atoms with van der Waals surface area (Å²) < 4.78 is 4.99. The Bertz CT molecular complexity index is 1090. The highest BCUT2D eigenvalue weighted by Gasteiger charge is 2.34. The number of allylic oxidation sites excluding steroid dienone is 1. The molecule has 0 aromatic heterocycles. The Morgan fingerprint density at radius 2 is 1.84 bits per heavy atom. The van der Waals surface area contributed by atoms with Crippen molar-refractivity contribution >= 4 is 23.0 Å². The van der Waals surface area contributed by atoms with Gasteiger partial charge in [-0.15, -0.1) is 11.8 Å². The van der Waals surface area contributed by atoms with Crippen LogP contribution in [0.1, 0.15) is 82.4 Å². The number of rotatable bonds is 11. The first-order chi connectivity index (χ1) is 17.6. The number of piperidine rings is 1. The van der Waals surface area contributed by atoms with Crippen LogP contribution >= 0.6 is 11.6 Å². The summed E-state index contributed by atoms with van der Waals surface area (Å²) in [6.07, 6.45) is 9.00. The molecule has 4 nitrogen and oxygen atoms in total. The second-order valence-electron chi connectivity index (χ2n) is 11.2. The molecular formula is C32H44ClN3O. The summed E-state index contributed by atoms with van der Waals surface area (Å²) in [5.41, 5.74) is 6.45. The fourth-order valence-corrected chi connectivity index (χ4v) is 6.01. The summed E-state index contributed by atoms with van der Waals surface area (Å²) >= 11 is 6.99. The average Bonchev–Trinajstić information content (AvgIpc) is 2.88. The molecule has 2 atom stereocenters. The highest BCUT2D eigenvalue weighted by Crippen LogP contribution is 2.43. The summed E-state index contributed by atoms with van der Waals surface area (Å²) in [6.45, 7) is 19.8. The zero-order valence-electron chi connectivity index (χ0n) is 23.5. The monoisotopic (exact) mass is 521 g/mol. The van der Waals surface area contributed by atoms with E-state index in [1.165, 1.54) is 35.2 Å². The number of nitriles is 1. The predicted molar refractivity (Wildman–Crippen MR) is 158 cm³/mol. The molecule has 1 N–H and O–H groups in total. The van der Waals surface area contributed by atoms with E-state index in [2.05, 4.69) is 76.5 Å². The number of hydrogen-bond donors (Lipinski definition) is 1. The van der Waals surface area contributed by atoms with Crippen LogP contribution in [0.4, 0.5) is 11.4 Å². The maximum atomic E-state index is 8.82. The van der Waals surface area contributed by atoms with Crippen molar-refractivity contribution in [3.8, 4) is 12.0 Å². The Balaban J connectivity index is 1.86. The Hall–Kier alpha value is -2.64. The molecule has 1 fully saturated rings. The van der Waals surface area contributed by atoms with Gasteiger partial charge in [0, 0.05) is 30.7 Å². The van der Waals surface area contributed by atoms with Gasteiger partial charge in [0.15, 0.2) is 0 Å². The number of ether oxygens (including phenoxy) is 1. The van der Waals surface area contributed by atoms with E-state index in [0.29, 0.717) is 17.1 Å². The van der Waals surface area contributed by atoms with Crippen LogP contribution in [-0.4, -0.2) is 19.1 Å². The van der Waals surface area contributed by atoms with Gasteiger partial charge in [-0.2, -0.15) is 0 Å². The lowest BCUT2D eigenvalue weighted by molar-refractivity contribution is 0.166.